The van der Waals surface area contributed by atoms with Gasteiger partial charge < -0.3 is 16.0 Å². The minimum absolute atomic E-state index is 0.131. The number of piperidine rings is 1. The average Bonchev–Trinajstić information content (AvgIpc) is 2.47. The molecule has 110 valence electrons. The van der Waals surface area contributed by atoms with Gasteiger partial charge in [0.2, 0.25) is 5.91 Å². The van der Waals surface area contributed by atoms with Crippen molar-refractivity contribution in [3.8, 4) is 0 Å². The summed E-state index contributed by atoms with van der Waals surface area (Å²) in [6.45, 7) is 5.79. The van der Waals surface area contributed by atoms with Crippen molar-refractivity contribution in [2.75, 3.05) is 23.7 Å². The highest BCUT2D eigenvalue weighted by Gasteiger charge is 2.19. The maximum atomic E-state index is 11.2. The largest absolute Gasteiger partial charge is 0.370 e. The van der Waals surface area contributed by atoms with Crippen LogP contribution >= 0.6 is 0 Å². The molecule has 0 aliphatic carbocycles. The monoisotopic (exact) mass is 277 g/mol. The number of rotatable bonds is 6. The van der Waals surface area contributed by atoms with Crippen molar-refractivity contribution in [3.63, 3.8) is 0 Å². The Hall–Kier alpha value is -1.85. The van der Waals surface area contributed by atoms with Crippen molar-refractivity contribution >= 4 is 17.5 Å². The summed E-state index contributed by atoms with van der Waals surface area (Å²) in [7, 11) is 0. The van der Waals surface area contributed by atoms with Crippen LogP contribution in [0.3, 0.4) is 0 Å². The summed E-state index contributed by atoms with van der Waals surface area (Å²) in [5, 5.41) is 9.65. The lowest BCUT2D eigenvalue weighted by Crippen LogP contribution is -2.42. The van der Waals surface area contributed by atoms with Gasteiger partial charge in [-0.2, -0.15) is 0 Å². The maximum Gasteiger partial charge on any atom is 0.220 e. The molecule has 1 saturated heterocycles. The fourth-order valence-electron chi connectivity index (χ4n) is 2.32. The van der Waals surface area contributed by atoms with Gasteiger partial charge in [0, 0.05) is 31.1 Å². The number of hydrogen-bond acceptors (Lipinski definition) is 5. The summed E-state index contributed by atoms with van der Waals surface area (Å²) in [6.07, 6.45) is 4.93. The molecular weight excluding hydrogens is 254 g/mol. The summed E-state index contributed by atoms with van der Waals surface area (Å²) in [6, 6.07) is 0.243. The van der Waals surface area contributed by atoms with E-state index in [9.17, 15) is 4.79 Å². The Morgan fingerprint density at radius 1 is 1.35 bits per heavy atom. The lowest BCUT2D eigenvalue weighted by Gasteiger charge is -2.25. The lowest BCUT2D eigenvalue weighted by atomic mass is 10.1. The fourth-order valence-corrected chi connectivity index (χ4v) is 2.32. The zero-order valence-electron chi connectivity index (χ0n) is 12.2. The summed E-state index contributed by atoms with van der Waals surface area (Å²) in [4.78, 5) is 19.9. The second kappa shape index (κ2) is 7.07. The van der Waals surface area contributed by atoms with Crippen LogP contribution in [0.25, 0.3) is 0 Å². The summed E-state index contributed by atoms with van der Waals surface area (Å²) in [5.41, 5.74) is 1.11. The van der Waals surface area contributed by atoms with E-state index in [1.54, 1.807) is 6.33 Å². The number of carbonyl (C=O) groups is 1. The Bertz CT molecular complexity index is 453. The molecule has 1 unspecified atom stereocenters. The van der Waals surface area contributed by atoms with Crippen molar-refractivity contribution in [1.29, 1.82) is 0 Å². The summed E-state index contributed by atoms with van der Waals surface area (Å²) in [5.74, 6) is 1.92. The number of nitrogens with zero attached hydrogens (tertiary/aromatic N) is 2. The molecule has 0 aromatic carbocycles. The molecule has 20 heavy (non-hydrogen) atoms. The third-order valence-electron chi connectivity index (χ3n) is 3.45. The second-order valence-corrected chi connectivity index (χ2v) is 5.01. The van der Waals surface area contributed by atoms with E-state index in [0.717, 1.165) is 43.0 Å². The summed E-state index contributed by atoms with van der Waals surface area (Å²) < 4.78 is 0. The standard InChI is InChI=1S/C14H23N5O/c1-3-7-15-13-11(4-2)14(18-9-17-13)19-10-5-6-12(20)16-8-10/h9-10H,3-8H2,1-2H3,(H,16,20)(H2,15,17,18,19). The number of carbonyl (C=O) groups excluding carboxylic acids is 1. The van der Waals surface area contributed by atoms with E-state index in [4.69, 9.17) is 0 Å². The first-order chi connectivity index (χ1) is 9.74. The predicted octanol–water partition coefficient (Wildman–Crippen LogP) is 1.55. The second-order valence-electron chi connectivity index (χ2n) is 5.01. The van der Waals surface area contributed by atoms with Gasteiger partial charge >= 0.3 is 0 Å². The highest BCUT2D eigenvalue weighted by molar-refractivity contribution is 5.77. The molecule has 0 radical (unpaired) electrons. The van der Waals surface area contributed by atoms with Crippen molar-refractivity contribution in [1.82, 2.24) is 15.3 Å². The molecule has 2 heterocycles. The van der Waals surface area contributed by atoms with E-state index >= 15 is 0 Å². The number of aromatic nitrogens is 2. The fraction of sp³-hybridized carbons (Fsp3) is 0.643. The molecule has 6 nitrogen and oxygen atoms in total. The molecular formula is C14H23N5O. The van der Waals surface area contributed by atoms with E-state index < -0.39 is 0 Å². The normalized spacial score (nSPS) is 18.5. The van der Waals surface area contributed by atoms with Gasteiger partial charge in [0.1, 0.15) is 18.0 Å². The Morgan fingerprint density at radius 2 is 2.15 bits per heavy atom. The molecule has 3 N–H and O–H groups in total. The molecule has 0 bridgehead atoms. The van der Waals surface area contributed by atoms with E-state index in [1.165, 1.54) is 0 Å². The van der Waals surface area contributed by atoms with Crippen LogP contribution in [0.4, 0.5) is 11.6 Å². The summed E-state index contributed by atoms with van der Waals surface area (Å²) >= 11 is 0. The third kappa shape index (κ3) is 3.59. The maximum absolute atomic E-state index is 11.2. The molecule has 6 heteroatoms. The SMILES string of the molecule is CCCNc1ncnc(NC2CCC(=O)NC2)c1CC. The van der Waals surface area contributed by atoms with Gasteiger partial charge in [-0.15, -0.1) is 0 Å². The Labute approximate surface area is 119 Å². The van der Waals surface area contributed by atoms with Crippen molar-refractivity contribution < 1.29 is 4.79 Å². The van der Waals surface area contributed by atoms with Crippen molar-refractivity contribution in [3.05, 3.63) is 11.9 Å². The number of anilines is 2. The zero-order chi connectivity index (χ0) is 14.4. The van der Waals surface area contributed by atoms with Gasteiger partial charge in [0.05, 0.1) is 0 Å². The molecule has 1 aliphatic rings. The van der Waals surface area contributed by atoms with Crippen LogP contribution in [-0.2, 0) is 11.2 Å². The van der Waals surface area contributed by atoms with E-state index in [0.29, 0.717) is 13.0 Å². The van der Waals surface area contributed by atoms with Gasteiger partial charge in [-0.3, -0.25) is 4.79 Å². The first-order valence-corrected chi connectivity index (χ1v) is 7.35. The van der Waals surface area contributed by atoms with Crippen LogP contribution in [0.15, 0.2) is 6.33 Å². The van der Waals surface area contributed by atoms with Crippen LogP contribution in [-0.4, -0.2) is 35.0 Å². The van der Waals surface area contributed by atoms with Crippen LogP contribution in [0.2, 0.25) is 0 Å². The number of nitrogens with one attached hydrogen (secondary N) is 3. The predicted molar refractivity (Wildman–Crippen MR) is 79.8 cm³/mol. The minimum Gasteiger partial charge on any atom is -0.370 e. The molecule has 1 aliphatic heterocycles. The molecule has 1 fully saturated rings. The zero-order valence-corrected chi connectivity index (χ0v) is 12.2. The smallest absolute Gasteiger partial charge is 0.220 e. The minimum atomic E-state index is 0.131. The van der Waals surface area contributed by atoms with Gasteiger partial charge in [-0.1, -0.05) is 13.8 Å². The molecule has 2 rings (SSSR count). The topological polar surface area (TPSA) is 78.9 Å². The molecule has 1 atom stereocenters. The van der Waals surface area contributed by atoms with Gasteiger partial charge in [0.15, 0.2) is 0 Å². The molecule has 1 aromatic heterocycles. The Kier molecular flexibility index (Phi) is 5.15. The molecule has 0 saturated carbocycles. The van der Waals surface area contributed by atoms with Crippen molar-refractivity contribution in [2.45, 2.75) is 45.6 Å². The number of amides is 1. The van der Waals surface area contributed by atoms with Gasteiger partial charge in [-0.05, 0) is 19.3 Å². The average molecular weight is 277 g/mol. The molecule has 1 amide bonds. The molecule has 1 aromatic rings. The quantitative estimate of drug-likeness (QED) is 0.735. The highest BCUT2D eigenvalue weighted by Crippen LogP contribution is 2.22. The van der Waals surface area contributed by atoms with E-state index in [1.807, 2.05) is 0 Å². The van der Waals surface area contributed by atoms with Crippen LogP contribution in [0.1, 0.15) is 38.7 Å². The number of hydrogen-bond donors (Lipinski definition) is 3. The first-order valence-electron chi connectivity index (χ1n) is 7.35. The highest BCUT2D eigenvalue weighted by atomic mass is 16.1. The van der Waals surface area contributed by atoms with Crippen LogP contribution < -0.4 is 16.0 Å². The van der Waals surface area contributed by atoms with E-state index in [2.05, 4.69) is 39.8 Å². The Balaban J connectivity index is 2.08. The van der Waals surface area contributed by atoms with Crippen LogP contribution in [0, 0.1) is 0 Å². The third-order valence-corrected chi connectivity index (χ3v) is 3.45. The van der Waals surface area contributed by atoms with Gasteiger partial charge in [-0.25, -0.2) is 9.97 Å². The van der Waals surface area contributed by atoms with E-state index in [-0.39, 0.29) is 11.9 Å². The van der Waals surface area contributed by atoms with Crippen molar-refractivity contribution in [2.24, 2.45) is 0 Å². The first kappa shape index (κ1) is 14.6. The lowest BCUT2D eigenvalue weighted by molar-refractivity contribution is -0.122. The van der Waals surface area contributed by atoms with Crippen LogP contribution in [0.5, 0.6) is 0 Å². The Morgan fingerprint density at radius 3 is 2.80 bits per heavy atom. The molecule has 0 spiro atoms. The van der Waals surface area contributed by atoms with Gasteiger partial charge in [0.25, 0.3) is 0 Å².